The number of imide groups is 1. The van der Waals surface area contributed by atoms with Crippen molar-refractivity contribution >= 4 is 23.6 Å². The van der Waals surface area contributed by atoms with Crippen LogP contribution < -0.4 is 9.64 Å². The van der Waals surface area contributed by atoms with E-state index in [4.69, 9.17) is 9.47 Å². The first-order chi connectivity index (χ1) is 16.2. The second-order valence-corrected chi connectivity index (χ2v) is 8.78. The molecule has 0 aliphatic carbocycles. The molecule has 1 heterocycles. The molecule has 0 radical (unpaired) electrons. The van der Waals surface area contributed by atoms with Gasteiger partial charge < -0.3 is 9.47 Å². The standard InChI is InChI=1S/C25H27F3N2O5/c1-6-34-22(32)24(4,5)35-21-15(2)11-17(12-16(21)3)13-30-20(31)14-29(23(30)33)19-9-7-18(8-10-19)25(26,27)28/h7-12H,6,13-14H2,1-5H3. The van der Waals surface area contributed by atoms with Crippen molar-refractivity contribution in [1.29, 1.82) is 0 Å². The SMILES string of the molecule is CCOC(=O)C(C)(C)Oc1c(C)cc(CN2C(=O)CN(c3ccc(C(F)(F)F)cc3)C2=O)cc1C. The van der Waals surface area contributed by atoms with E-state index in [0.717, 1.165) is 21.9 Å². The van der Waals surface area contributed by atoms with E-state index in [1.807, 2.05) is 0 Å². The number of carbonyl (C=O) groups is 3. The monoisotopic (exact) mass is 492 g/mol. The molecule has 0 atom stereocenters. The number of halogens is 3. The highest BCUT2D eigenvalue weighted by atomic mass is 19.4. The second-order valence-electron chi connectivity index (χ2n) is 8.78. The smallest absolute Gasteiger partial charge is 0.416 e. The Bertz CT molecular complexity index is 1120. The topological polar surface area (TPSA) is 76.2 Å². The third kappa shape index (κ3) is 5.58. The molecule has 3 amide bonds. The lowest BCUT2D eigenvalue weighted by Crippen LogP contribution is -2.40. The summed E-state index contributed by atoms with van der Waals surface area (Å²) in [4.78, 5) is 39.8. The molecule has 3 rings (SSSR count). The molecule has 2 aromatic carbocycles. The minimum Gasteiger partial charge on any atom is -0.476 e. The normalized spacial score (nSPS) is 14.5. The average molecular weight is 492 g/mol. The molecule has 0 aromatic heterocycles. The maximum absolute atomic E-state index is 12.9. The molecule has 188 valence electrons. The maximum atomic E-state index is 12.9. The second kappa shape index (κ2) is 9.59. The fourth-order valence-corrected chi connectivity index (χ4v) is 3.81. The highest BCUT2D eigenvalue weighted by Gasteiger charge is 2.38. The van der Waals surface area contributed by atoms with Crippen molar-refractivity contribution in [3.63, 3.8) is 0 Å². The van der Waals surface area contributed by atoms with Crippen LogP contribution in [0.2, 0.25) is 0 Å². The first-order valence-electron chi connectivity index (χ1n) is 11.0. The summed E-state index contributed by atoms with van der Waals surface area (Å²) in [6.07, 6.45) is -4.49. The molecule has 0 N–H and O–H groups in total. The molecule has 7 nitrogen and oxygen atoms in total. The molecule has 0 bridgehead atoms. The third-order valence-electron chi connectivity index (χ3n) is 5.55. The zero-order chi connectivity index (χ0) is 26.1. The number of alkyl halides is 3. The number of nitrogens with zero attached hydrogens (tertiary/aromatic N) is 2. The summed E-state index contributed by atoms with van der Waals surface area (Å²) in [5.74, 6) is -0.467. The highest BCUT2D eigenvalue weighted by Crippen LogP contribution is 2.33. The largest absolute Gasteiger partial charge is 0.476 e. The van der Waals surface area contributed by atoms with E-state index in [0.29, 0.717) is 22.4 Å². The molecule has 10 heteroatoms. The van der Waals surface area contributed by atoms with E-state index in [9.17, 15) is 27.6 Å². The lowest BCUT2D eigenvalue weighted by Gasteiger charge is -2.26. The number of rotatable bonds is 7. The number of hydrogen-bond donors (Lipinski definition) is 0. The summed E-state index contributed by atoms with van der Waals surface area (Å²) < 4.78 is 49.5. The predicted octanol–water partition coefficient (Wildman–Crippen LogP) is 5.01. The quantitative estimate of drug-likeness (QED) is 0.401. The fraction of sp³-hybridized carbons (Fsp3) is 0.400. The van der Waals surface area contributed by atoms with Gasteiger partial charge in [-0.25, -0.2) is 9.59 Å². The van der Waals surface area contributed by atoms with Crippen molar-refractivity contribution in [2.45, 2.75) is 52.9 Å². The number of hydrogen-bond acceptors (Lipinski definition) is 5. The van der Waals surface area contributed by atoms with Gasteiger partial charge in [0.05, 0.1) is 18.7 Å². The maximum Gasteiger partial charge on any atom is 0.416 e. The van der Waals surface area contributed by atoms with Crippen LogP contribution in [-0.4, -0.2) is 41.6 Å². The van der Waals surface area contributed by atoms with Gasteiger partial charge in [0.2, 0.25) is 0 Å². The van der Waals surface area contributed by atoms with Crippen molar-refractivity contribution in [3.8, 4) is 5.75 Å². The first-order valence-corrected chi connectivity index (χ1v) is 11.0. The molecule has 2 aromatic rings. The first kappa shape index (κ1) is 26.1. The Morgan fingerprint density at radius 2 is 1.60 bits per heavy atom. The van der Waals surface area contributed by atoms with E-state index < -0.39 is 35.2 Å². The van der Waals surface area contributed by atoms with Gasteiger partial charge in [-0.15, -0.1) is 0 Å². The predicted molar refractivity (Wildman–Crippen MR) is 122 cm³/mol. The summed E-state index contributed by atoms with van der Waals surface area (Å²) in [7, 11) is 0. The van der Waals surface area contributed by atoms with E-state index in [-0.39, 0.29) is 25.4 Å². The molecule has 1 aliphatic heterocycles. The summed E-state index contributed by atoms with van der Waals surface area (Å²) in [5.41, 5.74) is 0.229. The zero-order valence-corrected chi connectivity index (χ0v) is 20.2. The van der Waals surface area contributed by atoms with Gasteiger partial charge in [0.1, 0.15) is 12.3 Å². The summed E-state index contributed by atoms with van der Waals surface area (Å²) >= 11 is 0. The van der Waals surface area contributed by atoms with Crippen LogP contribution in [0.5, 0.6) is 5.75 Å². The van der Waals surface area contributed by atoms with Crippen LogP contribution in [-0.2, 0) is 27.0 Å². The molecule has 1 aliphatic rings. The van der Waals surface area contributed by atoms with Crippen LogP contribution in [0, 0.1) is 13.8 Å². The average Bonchev–Trinajstić information content (AvgIpc) is 3.04. The number of esters is 1. The van der Waals surface area contributed by atoms with Gasteiger partial charge in [0.25, 0.3) is 5.91 Å². The molecule has 0 spiro atoms. The van der Waals surface area contributed by atoms with Gasteiger partial charge in [-0.2, -0.15) is 13.2 Å². The Hall–Kier alpha value is -3.56. The summed E-state index contributed by atoms with van der Waals surface area (Å²) in [6.45, 7) is 8.44. The van der Waals surface area contributed by atoms with Crippen LogP contribution in [0.4, 0.5) is 23.7 Å². The van der Waals surface area contributed by atoms with Gasteiger partial charge in [-0.3, -0.25) is 14.6 Å². The minimum atomic E-state index is -4.49. The number of benzene rings is 2. The molecule has 0 unspecified atom stereocenters. The van der Waals surface area contributed by atoms with E-state index in [1.54, 1.807) is 46.8 Å². The number of urea groups is 1. The molecular formula is C25H27F3N2O5. The Labute approximate surface area is 201 Å². The Kier molecular flexibility index (Phi) is 7.14. The lowest BCUT2D eigenvalue weighted by atomic mass is 10.0. The van der Waals surface area contributed by atoms with Crippen molar-refractivity contribution in [2.75, 3.05) is 18.1 Å². The van der Waals surface area contributed by atoms with Crippen LogP contribution >= 0.6 is 0 Å². The molecular weight excluding hydrogens is 465 g/mol. The van der Waals surface area contributed by atoms with Crippen LogP contribution in [0.15, 0.2) is 36.4 Å². The van der Waals surface area contributed by atoms with Gasteiger partial charge in [0, 0.05) is 5.69 Å². The van der Waals surface area contributed by atoms with Crippen molar-refractivity contribution in [3.05, 3.63) is 58.7 Å². The van der Waals surface area contributed by atoms with Crippen molar-refractivity contribution < 1.29 is 37.0 Å². The number of carbonyl (C=O) groups excluding carboxylic acids is 3. The van der Waals surface area contributed by atoms with Gasteiger partial charge >= 0.3 is 18.2 Å². The van der Waals surface area contributed by atoms with E-state index in [2.05, 4.69) is 0 Å². The van der Waals surface area contributed by atoms with Crippen molar-refractivity contribution in [1.82, 2.24) is 4.90 Å². The van der Waals surface area contributed by atoms with Crippen molar-refractivity contribution in [2.24, 2.45) is 0 Å². The number of aryl methyl sites for hydroxylation is 2. The van der Waals surface area contributed by atoms with Gasteiger partial charge in [-0.1, -0.05) is 12.1 Å². The van der Waals surface area contributed by atoms with Crippen LogP contribution in [0.3, 0.4) is 0 Å². The number of ether oxygens (including phenoxy) is 2. The zero-order valence-electron chi connectivity index (χ0n) is 20.2. The molecule has 1 fully saturated rings. The lowest BCUT2D eigenvalue weighted by molar-refractivity contribution is -0.158. The highest BCUT2D eigenvalue weighted by molar-refractivity contribution is 6.12. The Morgan fingerprint density at radius 1 is 1.03 bits per heavy atom. The molecule has 1 saturated heterocycles. The number of amides is 3. The van der Waals surface area contributed by atoms with Crippen LogP contribution in [0.25, 0.3) is 0 Å². The minimum absolute atomic E-state index is 0.0158. The van der Waals surface area contributed by atoms with Gasteiger partial charge in [-0.05, 0) is 75.6 Å². The molecule has 0 saturated carbocycles. The number of anilines is 1. The van der Waals surface area contributed by atoms with E-state index in [1.165, 1.54) is 12.1 Å². The Morgan fingerprint density at radius 3 is 2.11 bits per heavy atom. The Balaban J connectivity index is 1.77. The van der Waals surface area contributed by atoms with E-state index >= 15 is 0 Å². The van der Waals surface area contributed by atoms with Crippen LogP contribution in [0.1, 0.15) is 43.0 Å². The fourth-order valence-electron chi connectivity index (χ4n) is 3.81. The summed E-state index contributed by atoms with van der Waals surface area (Å²) in [6, 6.07) is 6.98. The molecule has 35 heavy (non-hydrogen) atoms. The summed E-state index contributed by atoms with van der Waals surface area (Å²) in [5, 5.41) is 0. The third-order valence-corrected chi connectivity index (χ3v) is 5.55. The van der Waals surface area contributed by atoms with Gasteiger partial charge in [0.15, 0.2) is 5.60 Å².